The zero-order valence-corrected chi connectivity index (χ0v) is 10.1. The number of carbonyl (C=O) groups is 1. The molecule has 2 fully saturated rings. The summed E-state index contributed by atoms with van der Waals surface area (Å²) in [7, 11) is 2.01. The molecule has 5 nitrogen and oxygen atoms in total. The standard InChI is InChI=1S/C11H21N3O2/c1-9-7-11(10(15)16,8-13(9)2)14-5-3-12-4-6-14/h9,12H,3-8H2,1-2H3,(H,15,16). The predicted octanol–water partition coefficient (Wildman–Crippen LogP) is -0.561. The molecule has 2 aliphatic heterocycles. The van der Waals surface area contributed by atoms with Gasteiger partial charge in [0.05, 0.1) is 0 Å². The molecule has 92 valence electrons. The molecule has 0 aromatic rings. The van der Waals surface area contributed by atoms with E-state index >= 15 is 0 Å². The Hall–Kier alpha value is -0.650. The van der Waals surface area contributed by atoms with Gasteiger partial charge in [0, 0.05) is 38.8 Å². The van der Waals surface area contributed by atoms with E-state index in [0.29, 0.717) is 12.6 Å². The molecule has 16 heavy (non-hydrogen) atoms. The third-order valence-corrected chi connectivity index (χ3v) is 4.02. The van der Waals surface area contributed by atoms with E-state index in [1.54, 1.807) is 0 Å². The largest absolute Gasteiger partial charge is 0.480 e. The molecule has 0 bridgehead atoms. The number of aliphatic carboxylic acids is 1. The van der Waals surface area contributed by atoms with E-state index in [-0.39, 0.29) is 0 Å². The second-order valence-electron chi connectivity index (χ2n) is 5.04. The third-order valence-electron chi connectivity index (χ3n) is 4.02. The molecular formula is C11H21N3O2. The highest BCUT2D eigenvalue weighted by molar-refractivity contribution is 5.80. The van der Waals surface area contributed by atoms with Gasteiger partial charge in [-0.1, -0.05) is 0 Å². The fourth-order valence-corrected chi connectivity index (χ4v) is 2.89. The zero-order chi connectivity index (χ0) is 11.8. The maximum atomic E-state index is 11.6. The van der Waals surface area contributed by atoms with Crippen LogP contribution in [0.25, 0.3) is 0 Å². The average molecular weight is 227 g/mol. The summed E-state index contributed by atoms with van der Waals surface area (Å²) < 4.78 is 0. The maximum absolute atomic E-state index is 11.6. The van der Waals surface area contributed by atoms with Crippen molar-refractivity contribution in [2.45, 2.75) is 24.9 Å². The van der Waals surface area contributed by atoms with Crippen molar-refractivity contribution in [1.29, 1.82) is 0 Å². The van der Waals surface area contributed by atoms with Gasteiger partial charge in [-0.3, -0.25) is 9.69 Å². The lowest BCUT2D eigenvalue weighted by Crippen LogP contribution is -2.61. The first-order valence-corrected chi connectivity index (χ1v) is 5.96. The quantitative estimate of drug-likeness (QED) is 0.662. The number of hydrogen-bond donors (Lipinski definition) is 2. The van der Waals surface area contributed by atoms with Crippen LogP contribution in [0.1, 0.15) is 13.3 Å². The lowest BCUT2D eigenvalue weighted by molar-refractivity contribution is -0.151. The van der Waals surface area contributed by atoms with E-state index in [4.69, 9.17) is 0 Å². The Morgan fingerprint density at radius 3 is 2.50 bits per heavy atom. The Balaban J connectivity index is 2.19. The van der Waals surface area contributed by atoms with Gasteiger partial charge >= 0.3 is 5.97 Å². The van der Waals surface area contributed by atoms with Crippen molar-refractivity contribution in [2.24, 2.45) is 0 Å². The monoisotopic (exact) mass is 227 g/mol. The van der Waals surface area contributed by atoms with Crippen LogP contribution in [0.4, 0.5) is 0 Å². The number of rotatable bonds is 2. The summed E-state index contributed by atoms with van der Waals surface area (Å²) in [5, 5.41) is 12.8. The van der Waals surface area contributed by atoms with Crippen LogP contribution in [0.2, 0.25) is 0 Å². The second-order valence-corrected chi connectivity index (χ2v) is 5.04. The zero-order valence-electron chi connectivity index (χ0n) is 10.1. The summed E-state index contributed by atoms with van der Waals surface area (Å²) >= 11 is 0. The van der Waals surface area contributed by atoms with Gasteiger partial charge in [-0.2, -0.15) is 0 Å². The van der Waals surface area contributed by atoms with E-state index in [9.17, 15) is 9.90 Å². The van der Waals surface area contributed by atoms with E-state index < -0.39 is 11.5 Å². The van der Waals surface area contributed by atoms with E-state index in [0.717, 1.165) is 32.6 Å². The summed E-state index contributed by atoms with van der Waals surface area (Å²) in [6.45, 7) is 6.22. The van der Waals surface area contributed by atoms with Crippen molar-refractivity contribution >= 4 is 5.97 Å². The highest BCUT2D eigenvalue weighted by Crippen LogP contribution is 2.32. The third kappa shape index (κ3) is 1.83. The summed E-state index contributed by atoms with van der Waals surface area (Å²) in [5.41, 5.74) is -0.656. The van der Waals surface area contributed by atoms with Crippen molar-refractivity contribution in [3.8, 4) is 0 Å². The maximum Gasteiger partial charge on any atom is 0.325 e. The van der Waals surface area contributed by atoms with Crippen LogP contribution < -0.4 is 5.32 Å². The van der Waals surface area contributed by atoms with Crippen molar-refractivity contribution in [3.05, 3.63) is 0 Å². The van der Waals surface area contributed by atoms with Crippen molar-refractivity contribution < 1.29 is 9.90 Å². The molecule has 2 N–H and O–H groups in total. The molecule has 2 unspecified atom stereocenters. The van der Waals surface area contributed by atoms with Crippen LogP contribution in [0.15, 0.2) is 0 Å². The topological polar surface area (TPSA) is 55.8 Å². The van der Waals surface area contributed by atoms with Gasteiger partial charge in [0.1, 0.15) is 5.54 Å². The van der Waals surface area contributed by atoms with E-state index in [1.165, 1.54) is 0 Å². The van der Waals surface area contributed by atoms with Crippen LogP contribution in [-0.4, -0.2) is 72.2 Å². The molecule has 2 heterocycles. The molecule has 0 aromatic carbocycles. The summed E-state index contributed by atoms with van der Waals surface area (Å²) in [4.78, 5) is 15.9. The molecule has 0 saturated carbocycles. The predicted molar refractivity (Wildman–Crippen MR) is 61.5 cm³/mol. The Kier molecular flexibility index (Phi) is 3.19. The fraction of sp³-hybridized carbons (Fsp3) is 0.909. The molecule has 2 aliphatic rings. The highest BCUT2D eigenvalue weighted by atomic mass is 16.4. The van der Waals surface area contributed by atoms with E-state index in [2.05, 4.69) is 22.0 Å². The average Bonchev–Trinajstić information content (AvgIpc) is 2.58. The number of nitrogens with zero attached hydrogens (tertiary/aromatic N) is 2. The lowest BCUT2D eigenvalue weighted by atomic mass is 9.93. The first kappa shape index (κ1) is 11.8. The molecule has 2 saturated heterocycles. The molecule has 2 rings (SSSR count). The summed E-state index contributed by atoms with van der Waals surface area (Å²) in [5.74, 6) is -0.661. The number of likely N-dealkylation sites (tertiary alicyclic amines) is 1. The normalized spacial score (nSPS) is 37.8. The van der Waals surface area contributed by atoms with Gasteiger partial charge < -0.3 is 15.3 Å². The minimum absolute atomic E-state index is 0.353. The molecular weight excluding hydrogens is 206 g/mol. The summed E-state index contributed by atoms with van der Waals surface area (Å²) in [6.07, 6.45) is 0.735. The molecule has 0 aromatic heterocycles. The van der Waals surface area contributed by atoms with Crippen LogP contribution >= 0.6 is 0 Å². The van der Waals surface area contributed by atoms with Crippen molar-refractivity contribution in [3.63, 3.8) is 0 Å². The van der Waals surface area contributed by atoms with Gasteiger partial charge in [0.2, 0.25) is 0 Å². The Labute approximate surface area is 96.4 Å². The second kappa shape index (κ2) is 4.31. The first-order valence-electron chi connectivity index (χ1n) is 5.96. The van der Waals surface area contributed by atoms with Gasteiger partial charge in [-0.25, -0.2) is 0 Å². The minimum atomic E-state index is -0.661. The number of likely N-dealkylation sites (N-methyl/N-ethyl adjacent to an activating group) is 1. The minimum Gasteiger partial charge on any atom is -0.480 e. The Morgan fingerprint density at radius 1 is 1.44 bits per heavy atom. The smallest absolute Gasteiger partial charge is 0.325 e. The highest BCUT2D eigenvalue weighted by Gasteiger charge is 2.51. The van der Waals surface area contributed by atoms with Crippen LogP contribution in [-0.2, 0) is 4.79 Å². The molecule has 5 heteroatoms. The number of piperazine rings is 1. The van der Waals surface area contributed by atoms with Gasteiger partial charge in [-0.05, 0) is 20.4 Å². The molecule has 0 radical (unpaired) electrons. The van der Waals surface area contributed by atoms with Crippen molar-refractivity contribution in [1.82, 2.24) is 15.1 Å². The van der Waals surface area contributed by atoms with Crippen LogP contribution in [0.3, 0.4) is 0 Å². The lowest BCUT2D eigenvalue weighted by Gasteiger charge is -2.40. The fourth-order valence-electron chi connectivity index (χ4n) is 2.89. The molecule has 2 atom stereocenters. The first-order chi connectivity index (χ1) is 7.56. The number of carboxylic acids is 1. The molecule has 0 amide bonds. The SMILES string of the molecule is CC1CC(C(=O)O)(N2CCNCC2)CN1C. The number of hydrogen-bond acceptors (Lipinski definition) is 4. The van der Waals surface area contributed by atoms with Gasteiger partial charge in [0.25, 0.3) is 0 Å². The van der Waals surface area contributed by atoms with Crippen LogP contribution in [0.5, 0.6) is 0 Å². The van der Waals surface area contributed by atoms with Crippen molar-refractivity contribution in [2.75, 3.05) is 39.8 Å². The Bertz CT molecular complexity index is 266. The van der Waals surface area contributed by atoms with Crippen LogP contribution in [0, 0.1) is 0 Å². The Morgan fingerprint density at radius 2 is 2.06 bits per heavy atom. The van der Waals surface area contributed by atoms with Gasteiger partial charge in [-0.15, -0.1) is 0 Å². The van der Waals surface area contributed by atoms with E-state index in [1.807, 2.05) is 7.05 Å². The van der Waals surface area contributed by atoms with Gasteiger partial charge in [0.15, 0.2) is 0 Å². The molecule has 0 aliphatic carbocycles. The summed E-state index contributed by atoms with van der Waals surface area (Å²) in [6, 6.07) is 0.353. The number of carboxylic acid groups (broad SMARTS) is 1. The number of nitrogens with one attached hydrogen (secondary N) is 1. The molecule has 0 spiro atoms.